The van der Waals surface area contributed by atoms with Crippen molar-refractivity contribution in [3.8, 4) is 0 Å². The van der Waals surface area contributed by atoms with Gasteiger partial charge in [-0.2, -0.15) is 0 Å². The SMILES string of the molecule is CN(CCNCC(=O)Nc1ccccc1Cl)C1CCCC1. The zero-order chi connectivity index (χ0) is 15.1. The molecule has 0 unspecified atom stereocenters. The van der Waals surface area contributed by atoms with E-state index in [-0.39, 0.29) is 5.91 Å². The summed E-state index contributed by atoms with van der Waals surface area (Å²) >= 11 is 6.00. The predicted molar refractivity (Wildman–Crippen MR) is 87.8 cm³/mol. The summed E-state index contributed by atoms with van der Waals surface area (Å²) in [6.07, 6.45) is 5.32. The van der Waals surface area contributed by atoms with Crippen LogP contribution in [-0.4, -0.2) is 43.5 Å². The molecule has 1 amide bonds. The van der Waals surface area contributed by atoms with Crippen LogP contribution in [0.3, 0.4) is 0 Å². The van der Waals surface area contributed by atoms with Crippen molar-refractivity contribution >= 4 is 23.2 Å². The summed E-state index contributed by atoms with van der Waals surface area (Å²) in [6.45, 7) is 2.11. The fraction of sp³-hybridized carbons (Fsp3) is 0.562. The highest BCUT2D eigenvalue weighted by atomic mass is 35.5. The molecule has 1 aliphatic carbocycles. The molecule has 2 rings (SSSR count). The maximum atomic E-state index is 11.8. The van der Waals surface area contributed by atoms with Crippen molar-refractivity contribution in [1.29, 1.82) is 0 Å². The lowest BCUT2D eigenvalue weighted by Gasteiger charge is -2.23. The summed E-state index contributed by atoms with van der Waals surface area (Å²) in [6, 6.07) is 7.99. The summed E-state index contributed by atoms with van der Waals surface area (Å²) in [5.74, 6) is -0.0633. The largest absolute Gasteiger partial charge is 0.324 e. The van der Waals surface area contributed by atoms with Crippen LogP contribution in [0.25, 0.3) is 0 Å². The van der Waals surface area contributed by atoms with Crippen molar-refractivity contribution in [2.24, 2.45) is 0 Å². The standard InChI is InChI=1S/C16H24ClN3O/c1-20(13-6-2-3-7-13)11-10-18-12-16(21)19-15-9-5-4-8-14(15)17/h4-5,8-9,13,18H,2-3,6-7,10-12H2,1H3,(H,19,21). The molecule has 1 aromatic rings. The first-order valence-corrected chi connectivity index (χ1v) is 8.00. The van der Waals surface area contributed by atoms with E-state index < -0.39 is 0 Å². The van der Waals surface area contributed by atoms with Crippen LogP contribution in [0.1, 0.15) is 25.7 Å². The van der Waals surface area contributed by atoms with Gasteiger partial charge in [-0.1, -0.05) is 36.6 Å². The number of hydrogen-bond donors (Lipinski definition) is 2. The van der Waals surface area contributed by atoms with Gasteiger partial charge in [0.2, 0.25) is 5.91 Å². The van der Waals surface area contributed by atoms with Crippen LogP contribution in [-0.2, 0) is 4.79 Å². The number of nitrogens with one attached hydrogen (secondary N) is 2. The molecule has 0 radical (unpaired) electrons. The molecule has 0 aliphatic heterocycles. The van der Waals surface area contributed by atoms with Crippen LogP contribution >= 0.6 is 11.6 Å². The lowest BCUT2D eigenvalue weighted by atomic mass is 10.2. The van der Waals surface area contributed by atoms with Gasteiger partial charge in [-0.15, -0.1) is 0 Å². The Morgan fingerprint density at radius 3 is 2.76 bits per heavy atom. The first-order valence-electron chi connectivity index (χ1n) is 7.62. The summed E-state index contributed by atoms with van der Waals surface area (Å²) in [7, 11) is 2.17. The molecule has 116 valence electrons. The summed E-state index contributed by atoms with van der Waals surface area (Å²) < 4.78 is 0. The highest BCUT2D eigenvalue weighted by Crippen LogP contribution is 2.22. The van der Waals surface area contributed by atoms with Crippen LogP contribution in [0, 0.1) is 0 Å². The second-order valence-corrected chi connectivity index (χ2v) is 6.03. The van der Waals surface area contributed by atoms with Gasteiger partial charge in [0.25, 0.3) is 0 Å². The Balaban J connectivity index is 1.62. The van der Waals surface area contributed by atoms with Crippen molar-refractivity contribution in [1.82, 2.24) is 10.2 Å². The number of benzene rings is 1. The molecule has 0 saturated heterocycles. The van der Waals surface area contributed by atoms with E-state index in [0.29, 0.717) is 17.3 Å². The number of nitrogens with zero attached hydrogens (tertiary/aromatic N) is 1. The Morgan fingerprint density at radius 2 is 2.05 bits per heavy atom. The maximum absolute atomic E-state index is 11.8. The third kappa shape index (κ3) is 5.30. The van der Waals surface area contributed by atoms with Gasteiger partial charge in [-0.25, -0.2) is 0 Å². The lowest BCUT2D eigenvalue weighted by Crippen LogP contribution is -2.37. The van der Waals surface area contributed by atoms with Crippen molar-refractivity contribution in [2.45, 2.75) is 31.7 Å². The normalized spacial score (nSPS) is 15.6. The molecule has 1 saturated carbocycles. The van der Waals surface area contributed by atoms with Gasteiger partial charge in [0, 0.05) is 19.1 Å². The maximum Gasteiger partial charge on any atom is 0.238 e. The molecule has 0 spiro atoms. The average molecular weight is 310 g/mol. The summed E-state index contributed by atoms with van der Waals surface area (Å²) in [4.78, 5) is 14.2. The number of carbonyl (C=O) groups is 1. The minimum Gasteiger partial charge on any atom is -0.324 e. The predicted octanol–water partition coefficient (Wildman–Crippen LogP) is 2.74. The molecular formula is C16H24ClN3O. The van der Waals surface area contributed by atoms with Crippen LogP contribution in [0.15, 0.2) is 24.3 Å². The molecule has 5 heteroatoms. The van der Waals surface area contributed by atoms with E-state index in [4.69, 9.17) is 11.6 Å². The van der Waals surface area contributed by atoms with Crippen LogP contribution in [0.2, 0.25) is 5.02 Å². The first kappa shape index (κ1) is 16.3. The minimum atomic E-state index is -0.0633. The zero-order valence-electron chi connectivity index (χ0n) is 12.6. The lowest BCUT2D eigenvalue weighted by molar-refractivity contribution is -0.115. The summed E-state index contributed by atoms with van der Waals surface area (Å²) in [5, 5.41) is 6.55. The van der Waals surface area contributed by atoms with Crippen molar-refractivity contribution in [2.75, 3.05) is 32.0 Å². The highest BCUT2D eigenvalue weighted by molar-refractivity contribution is 6.33. The number of anilines is 1. The van der Waals surface area contributed by atoms with E-state index in [0.717, 1.165) is 19.1 Å². The number of amides is 1. The third-order valence-corrected chi connectivity index (χ3v) is 4.35. The van der Waals surface area contributed by atoms with Crippen LogP contribution in [0.4, 0.5) is 5.69 Å². The van der Waals surface area contributed by atoms with Gasteiger partial charge >= 0.3 is 0 Å². The Kier molecular flexibility index (Phi) is 6.49. The molecule has 0 aromatic heterocycles. The first-order chi connectivity index (χ1) is 10.2. The Hall–Kier alpha value is -1.10. The smallest absolute Gasteiger partial charge is 0.238 e. The minimum absolute atomic E-state index is 0.0633. The number of hydrogen-bond acceptors (Lipinski definition) is 3. The van der Waals surface area contributed by atoms with Crippen LogP contribution in [0.5, 0.6) is 0 Å². The van der Waals surface area contributed by atoms with Crippen molar-refractivity contribution in [3.63, 3.8) is 0 Å². The molecule has 0 atom stereocenters. The second-order valence-electron chi connectivity index (χ2n) is 5.62. The third-order valence-electron chi connectivity index (χ3n) is 4.02. The zero-order valence-corrected chi connectivity index (χ0v) is 13.3. The Labute approximate surface area is 131 Å². The number of para-hydroxylation sites is 1. The van der Waals surface area contributed by atoms with Crippen molar-refractivity contribution in [3.05, 3.63) is 29.3 Å². The van der Waals surface area contributed by atoms with Gasteiger partial charge in [0.15, 0.2) is 0 Å². The van der Waals surface area contributed by atoms with Gasteiger partial charge in [-0.3, -0.25) is 4.79 Å². The topological polar surface area (TPSA) is 44.4 Å². The van der Waals surface area contributed by atoms with Crippen LogP contribution < -0.4 is 10.6 Å². The molecule has 2 N–H and O–H groups in total. The van der Waals surface area contributed by atoms with E-state index in [9.17, 15) is 4.79 Å². The van der Waals surface area contributed by atoms with E-state index in [1.165, 1.54) is 25.7 Å². The second kappa shape index (κ2) is 8.37. The fourth-order valence-electron chi connectivity index (χ4n) is 2.74. The Bertz CT molecular complexity index is 461. The number of likely N-dealkylation sites (N-methyl/N-ethyl adjacent to an activating group) is 1. The average Bonchev–Trinajstić information content (AvgIpc) is 3.00. The molecular weight excluding hydrogens is 286 g/mol. The number of carbonyl (C=O) groups excluding carboxylic acids is 1. The van der Waals surface area contributed by atoms with Gasteiger partial charge in [0.1, 0.15) is 0 Å². The number of rotatable bonds is 7. The molecule has 21 heavy (non-hydrogen) atoms. The molecule has 1 fully saturated rings. The monoisotopic (exact) mass is 309 g/mol. The quantitative estimate of drug-likeness (QED) is 0.761. The number of halogens is 1. The van der Waals surface area contributed by atoms with E-state index >= 15 is 0 Å². The molecule has 1 aromatic carbocycles. The molecule has 4 nitrogen and oxygen atoms in total. The highest BCUT2D eigenvalue weighted by Gasteiger charge is 2.18. The van der Waals surface area contributed by atoms with Gasteiger partial charge in [-0.05, 0) is 32.0 Å². The Morgan fingerprint density at radius 1 is 1.33 bits per heavy atom. The molecule has 0 bridgehead atoms. The van der Waals surface area contributed by atoms with Gasteiger partial charge in [0.05, 0.1) is 17.3 Å². The van der Waals surface area contributed by atoms with E-state index in [1.54, 1.807) is 12.1 Å². The van der Waals surface area contributed by atoms with E-state index in [2.05, 4.69) is 22.6 Å². The summed E-state index contributed by atoms with van der Waals surface area (Å²) in [5.41, 5.74) is 0.661. The van der Waals surface area contributed by atoms with Crippen molar-refractivity contribution < 1.29 is 4.79 Å². The molecule has 0 heterocycles. The van der Waals surface area contributed by atoms with E-state index in [1.807, 2.05) is 12.1 Å². The van der Waals surface area contributed by atoms with Gasteiger partial charge < -0.3 is 15.5 Å². The molecule has 1 aliphatic rings. The fourth-order valence-corrected chi connectivity index (χ4v) is 2.92.